The molecule has 0 saturated heterocycles. The lowest BCUT2D eigenvalue weighted by molar-refractivity contribution is 0.0940. The van der Waals surface area contributed by atoms with Gasteiger partial charge in [-0.3, -0.25) is 4.79 Å². The molecule has 5 heteroatoms. The first-order chi connectivity index (χ1) is 9.97. The van der Waals surface area contributed by atoms with Crippen LogP contribution in [0.5, 0.6) is 5.75 Å². The van der Waals surface area contributed by atoms with Crippen molar-refractivity contribution in [3.05, 3.63) is 64.4 Å². The van der Waals surface area contributed by atoms with E-state index in [9.17, 15) is 14.3 Å². The number of amides is 1. The van der Waals surface area contributed by atoms with E-state index in [0.717, 1.165) is 5.56 Å². The van der Waals surface area contributed by atoms with E-state index < -0.39 is 11.7 Å². The molecule has 3 nitrogen and oxygen atoms in total. The van der Waals surface area contributed by atoms with E-state index in [0.29, 0.717) is 6.42 Å². The highest BCUT2D eigenvalue weighted by atomic mass is 35.5. The monoisotopic (exact) mass is 307 g/mol. The molecule has 0 aliphatic carbocycles. The molecule has 21 heavy (non-hydrogen) atoms. The lowest BCUT2D eigenvalue weighted by atomic mass is 10.1. The lowest BCUT2D eigenvalue weighted by Crippen LogP contribution is -2.34. The minimum absolute atomic E-state index is 0.120. The molecule has 0 unspecified atom stereocenters. The molecule has 1 amide bonds. The van der Waals surface area contributed by atoms with E-state index in [2.05, 4.69) is 5.32 Å². The summed E-state index contributed by atoms with van der Waals surface area (Å²) in [4.78, 5) is 12.1. The fraction of sp³-hybridized carbons (Fsp3) is 0.188. The van der Waals surface area contributed by atoms with Crippen LogP contribution in [0.1, 0.15) is 22.8 Å². The number of aromatic hydroxyl groups is 1. The number of phenolic OH excluding ortho intramolecular Hbond substituents is 1. The number of rotatable bonds is 4. The van der Waals surface area contributed by atoms with E-state index >= 15 is 0 Å². The third-order valence-electron chi connectivity index (χ3n) is 3.05. The summed E-state index contributed by atoms with van der Waals surface area (Å²) in [6.45, 7) is 1.85. The fourth-order valence-corrected chi connectivity index (χ4v) is 2.23. The maximum atomic E-state index is 13.3. The minimum atomic E-state index is -0.615. The van der Waals surface area contributed by atoms with Gasteiger partial charge in [0.05, 0.1) is 10.6 Å². The number of benzene rings is 2. The van der Waals surface area contributed by atoms with Crippen LogP contribution in [0.25, 0.3) is 0 Å². The van der Waals surface area contributed by atoms with Crippen molar-refractivity contribution in [1.82, 2.24) is 5.32 Å². The molecule has 2 rings (SSSR count). The Morgan fingerprint density at radius 3 is 2.62 bits per heavy atom. The Morgan fingerprint density at radius 2 is 1.95 bits per heavy atom. The second-order valence-corrected chi connectivity index (χ2v) is 5.22. The molecular weight excluding hydrogens is 293 g/mol. The minimum Gasteiger partial charge on any atom is -0.508 e. The van der Waals surface area contributed by atoms with Gasteiger partial charge < -0.3 is 10.4 Å². The number of hydrogen-bond acceptors (Lipinski definition) is 2. The molecule has 2 N–H and O–H groups in total. The molecule has 0 aromatic heterocycles. The molecule has 0 aliphatic rings. The predicted octanol–water partition coefficient (Wildman–Crippen LogP) is 3.55. The summed E-state index contributed by atoms with van der Waals surface area (Å²) in [5.41, 5.74) is 1.10. The van der Waals surface area contributed by atoms with E-state index in [1.165, 1.54) is 18.2 Å². The molecule has 0 fully saturated rings. The van der Waals surface area contributed by atoms with Crippen LogP contribution in [0.4, 0.5) is 4.39 Å². The molecule has 0 radical (unpaired) electrons. The van der Waals surface area contributed by atoms with Crippen LogP contribution in [0.2, 0.25) is 5.02 Å². The number of hydrogen-bond donors (Lipinski definition) is 2. The van der Waals surface area contributed by atoms with Crippen molar-refractivity contribution >= 4 is 17.5 Å². The van der Waals surface area contributed by atoms with Crippen molar-refractivity contribution in [2.45, 2.75) is 19.4 Å². The van der Waals surface area contributed by atoms with Crippen LogP contribution in [-0.2, 0) is 6.42 Å². The molecule has 0 heterocycles. The Morgan fingerprint density at radius 1 is 1.29 bits per heavy atom. The van der Waals surface area contributed by atoms with E-state index in [1.54, 1.807) is 24.3 Å². The van der Waals surface area contributed by atoms with Crippen molar-refractivity contribution in [3.63, 3.8) is 0 Å². The van der Waals surface area contributed by atoms with Crippen molar-refractivity contribution < 1.29 is 14.3 Å². The quantitative estimate of drug-likeness (QED) is 0.907. The van der Waals surface area contributed by atoms with Gasteiger partial charge in [0.15, 0.2) is 0 Å². The van der Waals surface area contributed by atoms with Crippen molar-refractivity contribution in [2.24, 2.45) is 0 Å². The largest absolute Gasteiger partial charge is 0.508 e. The molecule has 2 aromatic carbocycles. The lowest BCUT2D eigenvalue weighted by Gasteiger charge is -2.15. The average molecular weight is 308 g/mol. The van der Waals surface area contributed by atoms with Gasteiger partial charge in [0.2, 0.25) is 0 Å². The zero-order valence-corrected chi connectivity index (χ0v) is 12.2. The van der Waals surface area contributed by atoms with E-state index in [1.807, 2.05) is 6.92 Å². The van der Waals surface area contributed by atoms with Crippen LogP contribution >= 0.6 is 11.6 Å². The Hall–Kier alpha value is -2.07. The Labute approximate surface area is 127 Å². The van der Waals surface area contributed by atoms with Gasteiger partial charge in [0.1, 0.15) is 11.6 Å². The van der Waals surface area contributed by atoms with Crippen LogP contribution in [0.15, 0.2) is 42.5 Å². The van der Waals surface area contributed by atoms with Gasteiger partial charge in [-0.2, -0.15) is 0 Å². The molecular formula is C16H15ClFNO2. The van der Waals surface area contributed by atoms with Crippen molar-refractivity contribution in [3.8, 4) is 5.75 Å². The normalized spacial score (nSPS) is 12.0. The molecule has 0 spiro atoms. The zero-order valence-electron chi connectivity index (χ0n) is 11.4. The van der Waals surface area contributed by atoms with Gasteiger partial charge in [-0.15, -0.1) is 0 Å². The summed E-state index contributed by atoms with van der Waals surface area (Å²) in [6.07, 6.45) is 0.596. The topological polar surface area (TPSA) is 49.3 Å². The summed E-state index contributed by atoms with van der Waals surface area (Å²) >= 11 is 5.79. The highest BCUT2D eigenvalue weighted by Gasteiger charge is 2.15. The average Bonchev–Trinajstić information content (AvgIpc) is 2.44. The highest BCUT2D eigenvalue weighted by Crippen LogP contribution is 2.19. The first-order valence-electron chi connectivity index (χ1n) is 6.50. The Kier molecular flexibility index (Phi) is 4.81. The molecule has 1 atom stereocenters. The van der Waals surface area contributed by atoms with Gasteiger partial charge in [-0.25, -0.2) is 4.39 Å². The smallest absolute Gasteiger partial charge is 0.253 e. The highest BCUT2D eigenvalue weighted by molar-refractivity contribution is 6.34. The van der Waals surface area contributed by atoms with E-state index in [4.69, 9.17) is 11.6 Å². The van der Waals surface area contributed by atoms with Crippen LogP contribution in [0, 0.1) is 5.82 Å². The number of carbonyl (C=O) groups excluding carboxylic acids is 1. The molecule has 110 valence electrons. The van der Waals surface area contributed by atoms with E-state index in [-0.39, 0.29) is 22.4 Å². The predicted molar refractivity (Wildman–Crippen MR) is 80.1 cm³/mol. The summed E-state index contributed by atoms with van der Waals surface area (Å²) in [7, 11) is 0. The van der Waals surface area contributed by atoms with Gasteiger partial charge in [0.25, 0.3) is 5.91 Å². The zero-order chi connectivity index (χ0) is 15.4. The first kappa shape index (κ1) is 15.3. The van der Waals surface area contributed by atoms with Gasteiger partial charge in [0, 0.05) is 6.04 Å². The summed E-state index contributed by atoms with van der Waals surface area (Å²) < 4.78 is 13.3. The van der Waals surface area contributed by atoms with Crippen molar-refractivity contribution in [1.29, 1.82) is 0 Å². The number of halogens is 2. The van der Waals surface area contributed by atoms with Gasteiger partial charge in [-0.1, -0.05) is 29.8 Å². The number of phenols is 1. The van der Waals surface area contributed by atoms with Crippen molar-refractivity contribution in [2.75, 3.05) is 0 Å². The summed E-state index contributed by atoms with van der Waals surface area (Å²) in [5.74, 6) is -0.830. The standard InChI is InChI=1S/C16H15ClFNO2/c1-10(9-11-5-7-12(20)8-6-11)19-16(21)13-3-2-4-14(18)15(13)17/h2-8,10,20H,9H2,1H3,(H,19,21)/t10-/m1/s1. The number of carbonyl (C=O) groups is 1. The second kappa shape index (κ2) is 6.59. The Balaban J connectivity index is 2.02. The van der Waals surface area contributed by atoms with Crippen LogP contribution in [-0.4, -0.2) is 17.1 Å². The SMILES string of the molecule is C[C@H](Cc1ccc(O)cc1)NC(=O)c1cccc(F)c1Cl. The fourth-order valence-electron chi connectivity index (χ4n) is 2.02. The number of nitrogens with one attached hydrogen (secondary N) is 1. The Bertz CT molecular complexity index is 643. The maximum Gasteiger partial charge on any atom is 0.253 e. The third kappa shape index (κ3) is 3.95. The van der Waals surface area contributed by atoms with Gasteiger partial charge >= 0.3 is 0 Å². The van der Waals surface area contributed by atoms with Crippen LogP contribution in [0.3, 0.4) is 0 Å². The van der Waals surface area contributed by atoms with Crippen LogP contribution < -0.4 is 5.32 Å². The second-order valence-electron chi connectivity index (χ2n) is 4.85. The van der Waals surface area contributed by atoms with Gasteiger partial charge in [-0.05, 0) is 43.2 Å². The summed E-state index contributed by atoms with van der Waals surface area (Å²) in [5, 5.41) is 11.8. The molecule has 0 saturated carbocycles. The molecule has 0 aliphatic heterocycles. The molecule has 2 aromatic rings. The maximum absolute atomic E-state index is 13.3. The molecule has 0 bridgehead atoms. The summed E-state index contributed by atoms with van der Waals surface area (Å²) in [6, 6.07) is 10.7. The third-order valence-corrected chi connectivity index (χ3v) is 3.44. The first-order valence-corrected chi connectivity index (χ1v) is 6.88.